The van der Waals surface area contributed by atoms with Crippen molar-refractivity contribution in [1.82, 2.24) is 20.0 Å². The molecule has 2 rings (SSSR count). The molecule has 5 nitrogen and oxygen atoms in total. The Bertz CT molecular complexity index is 449. The highest BCUT2D eigenvalue weighted by Crippen LogP contribution is 2.26. The lowest BCUT2D eigenvalue weighted by molar-refractivity contribution is 0.0734. The first-order chi connectivity index (χ1) is 8.52. The van der Waals surface area contributed by atoms with Crippen molar-refractivity contribution < 1.29 is 4.79 Å². The summed E-state index contributed by atoms with van der Waals surface area (Å²) in [6.07, 6.45) is 0. The van der Waals surface area contributed by atoms with E-state index in [1.54, 1.807) is 11.7 Å². The van der Waals surface area contributed by atoms with Gasteiger partial charge in [-0.2, -0.15) is 5.10 Å². The number of carbonyl (C=O) groups excluding carboxylic acids is 1. The van der Waals surface area contributed by atoms with Gasteiger partial charge < -0.3 is 10.2 Å². The maximum absolute atomic E-state index is 12.5. The molecular formula is C12H19ClN4O. The van der Waals surface area contributed by atoms with Crippen molar-refractivity contribution >= 4 is 17.5 Å². The van der Waals surface area contributed by atoms with Crippen LogP contribution in [0.2, 0.25) is 5.15 Å². The average Bonchev–Trinajstić information content (AvgIpc) is 2.66. The second-order valence-corrected chi connectivity index (χ2v) is 5.23. The first kappa shape index (κ1) is 13.4. The molecule has 0 aromatic carbocycles. The van der Waals surface area contributed by atoms with Gasteiger partial charge in [0.1, 0.15) is 5.15 Å². The van der Waals surface area contributed by atoms with Gasteiger partial charge in [0.25, 0.3) is 5.91 Å². The van der Waals surface area contributed by atoms with Crippen molar-refractivity contribution in [2.45, 2.75) is 19.8 Å². The molecule has 1 aliphatic heterocycles. The zero-order valence-electron chi connectivity index (χ0n) is 11.0. The summed E-state index contributed by atoms with van der Waals surface area (Å²) < 4.78 is 1.58. The lowest BCUT2D eigenvalue weighted by Crippen LogP contribution is -2.46. The zero-order valence-corrected chi connectivity index (χ0v) is 11.8. The predicted octanol–water partition coefficient (Wildman–Crippen LogP) is 1.24. The van der Waals surface area contributed by atoms with Gasteiger partial charge in [0.2, 0.25) is 0 Å². The van der Waals surface area contributed by atoms with Crippen molar-refractivity contribution in [3.05, 3.63) is 16.4 Å². The molecule has 1 N–H and O–H groups in total. The number of rotatable bonds is 2. The lowest BCUT2D eigenvalue weighted by atomic mass is 10.1. The predicted molar refractivity (Wildman–Crippen MR) is 71.1 cm³/mol. The Hall–Kier alpha value is -1.07. The Morgan fingerprint density at radius 3 is 2.56 bits per heavy atom. The number of nitrogens with zero attached hydrogens (tertiary/aromatic N) is 3. The minimum Gasteiger partial charge on any atom is -0.336 e. The number of aromatic nitrogens is 2. The molecule has 100 valence electrons. The van der Waals surface area contributed by atoms with Crippen LogP contribution in [-0.4, -0.2) is 46.8 Å². The minimum absolute atomic E-state index is 0.00157. The number of amides is 1. The van der Waals surface area contributed by atoms with E-state index in [1.807, 2.05) is 18.7 Å². The van der Waals surface area contributed by atoms with Crippen LogP contribution in [0.1, 0.15) is 35.8 Å². The molecule has 1 amide bonds. The molecule has 1 aromatic rings. The van der Waals surface area contributed by atoms with Crippen molar-refractivity contribution in [3.8, 4) is 0 Å². The molecule has 0 bridgehead atoms. The van der Waals surface area contributed by atoms with Gasteiger partial charge in [-0.3, -0.25) is 9.48 Å². The molecule has 0 radical (unpaired) electrons. The molecule has 0 saturated carbocycles. The summed E-state index contributed by atoms with van der Waals surface area (Å²) in [4.78, 5) is 14.4. The molecule has 1 saturated heterocycles. The van der Waals surface area contributed by atoms with Gasteiger partial charge in [-0.15, -0.1) is 0 Å². The molecule has 0 atom stereocenters. The number of carbonyl (C=O) groups is 1. The number of halogens is 1. The van der Waals surface area contributed by atoms with Crippen LogP contribution in [0.15, 0.2) is 0 Å². The topological polar surface area (TPSA) is 50.2 Å². The van der Waals surface area contributed by atoms with Crippen LogP contribution in [0.25, 0.3) is 0 Å². The third kappa shape index (κ3) is 2.37. The molecule has 6 heteroatoms. The summed E-state index contributed by atoms with van der Waals surface area (Å²) in [7, 11) is 1.77. The summed E-state index contributed by atoms with van der Waals surface area (Å²) in [6.45, 7) is 7.16. The molecule has 18 heavy (non-hydrogen) atoms. The van der Waals surface area contributed by atoms with E-state index in [1.165, 1.54) is 0 Å². The van der Waals surface area contributed by atoms with Crippen LogP contribution < -0.4 is 5.32 Å². The van der Waals surface area contributed by atoms with Crippen LogP contribution >= 0.6 is 11.6 Å². The maximum Gasteiger partial charge on any atom is 0.259 e. The van der Waals surface area contributed by atoms with Gasteiger partial charge in [-0.05, 0) is 5.92 Å². The van der Waals surface area contributed by atoms with E-state index in [4.69, 9.17) is 11.6 Å². The highest BCUT2D eigenvalue weighted by molar-refractivity contribution is 6.33. The normalized spacial score (nSPS) is 16.4. The highest BCUT2D eigenvalue weighted by Gasteiger charge is 2.27. The Balaban J connectivity index is 2.33. The van der Waals surface area contributed by atoms with Crippen LogP contribution in [0.4, 0.5) is 0 Å². The smallest absolute Gasteiger partial charge is 0.259 e. The van der Waals surface area contributed by atoms with E-state index < -0.39 is 0 Å². The third-order valence-corrected chi connectivity index (χ3v) is 3.60. The van der Waals surface area contributed by atoms with E-state index in [2.05, 4.69) is 10.4 Å². The summed E-state index contributed by atoms with van der Waals surface area (Å²) in [6, 6.07) is 0. The fraction of sp³-hybridized carbons (Fsp3) is 0.667. The van der Waals surface area contributed by atoms with Crippen molar-refractivity contribution in [2.24, 2.45) is 7.05 Å². The van der Waals surface area contributed by atoms with E-state index >= 15 is 0 Å². The molecule has 0 unspecified atom stereocenters. The van der Waals surface area contributed by atoms with Gasteiger partial charge in [0, 0.05) is 33.2 Å². The van der Waals surface area contributed by atoms with Crippen LogP contribution in [0.3, 0.4) is 0 Å². The number of hydrogen-bond donors (Lipinski definition) is 1. The summed E-state index contributed by atoms with van der Waals surface area (Å²) in [5.74, 6) is 0.184. The quantitative estimate of drug-likeness (QED) is 0.880. The zero-order chi connectivity index (χ0) is 13.3. The summed E-state index contributed by atoms with van der Waals surface area (Å²) in [5.41, 5.74) is 1.35. The monoisotopic (exact) mass is 270 g/mol. The van der Waals surface area contributed by atoms with Crippen LogP contribution in [-0.2, 0) is 7.05 Å². The van der Waals surface area contributed by atoms with E-state index in [9.17, 15) is 4.79 Å². The Morgan fingerprint density at radius 2 is 2.00 bits per heavy atom. The molecule has 1 aliphatic rings. The van der Waals surface area contributed by atoms with Gasteiger partial charge in [-0.1, -0.05) is 25.4 Å². The minimum atomic E-state index is -0.00157. The standard InChI is InChI=1S/C12H19ClN4O/c1-8(2)10-9(11(13)16(3)15-10)12(18)17-6-4-14-5-7-17/h8,14H,4-7H2,1-3H3. The van der Waals surface area contributed by atoms with E-state index in [-0.39, 0.29) is 11.8 Å². The van der Waals surface area contributed by atoms with Crippen molar-refractivity contribution in [2.75, 3.05) is 26.2 Å². The number of nitrogens with one attached hydrogen (secondary N) is 1. The van der Waals surface area contributed by atoms with Gasteiger partial charge in [0.15, 0.2) is 0 Å². The van der Waals surface area contributed by atoms with Crippen molar-refractivity contribution in [3.63, 3.8) is 0 Å². The first-order valence-corrected chi connectivity index (χ1v) is 6.62. The van der Waals surface area contributed by atoms with Crippen LogP contribution in [0, 0.1) is 0 Å². The third-order valence-electron chi connectivity index (χ3n) is 3.17. The molecule has 0 spiro atoms. The molecular weight excluding hydrogens is 252 g/mol. The Morgan fingerprint density at radius 1 is 1.39 bits per heavy atom. The molecule has 2 heterocycles. The fourth-order valence-electron chi connectivity index (χ4n) is 2.15. The van der Waals surface area contributed by atoms with Gasteiger partial charge in [0.05, 0.1) is 11.3 Å². The first-order valence-electron chi connectivity index (χ1n) is 6.24. The maximum atomic E-state index is 12.5. The SMILES string of the molecule is CC(C)c1nn(C)c(Cl)c1C(=O)N1CCNCC1. The number of piperazine rings is 1. The molecule has 1 aromatic heterocycles. The van der Waals surface area contributed by atoms with Crippen LogP contribution in [0.5, 0.6) is 0 Å². The summed E-state index contributed by atoms with van der Waals surface area (Å²) >= 11 is 6.21. The summed E-state index contributed by atoms with van der Waals surface area (Å²) in [5, 5.41) is 8.01. The number of hydrogen-bond acceptors (Lipinski definition) is 3. The Labute approximate surface area is 112 Å². The highest BCUT2D eigenvalue weighted by atomic mass is 35.5. The van der Waals surface area contributed by atoms with Gasteiger partial charge in [-0.25, -0.2) is 0 Å². The second kappa shape index (κ2) is 5.28. The fourth-order valence-corrected chi connectivity index (χ4v) is 2.37. The largest absolute Gasteiger partial charge is 0.336 e. The van der Waals surface area contributed by atoms with E-state index in [0.717, 1.165) is 31.9 Å². The molecule has 1 fully saturated rings. The van der Waals surface area contributed by atoms with E-state index in [0.29, 0.717) is 10.7 Å². The number of aryl methyl sites for hydroxylation is 1. The lowest BCUT2D eigenvalue weighted by Gasteiger charge is -2.27. The van der Waals surface area contributed by atoms with Gasteiger partial charge >= 0.3 is 0 Å². The molecule has 0 aliphatic carbocycles. The second-order valence-electron chi connectivity index (χ2n) is 4.87. The van der Waals surface area contributed by atoms with Crippen molar-refractivity contribution in [1.29, 1.82) is 0 Å². The average molecular weight is 271 g/mol. The Kier molecular flexibility index (Phi) is 3.92.